The number of carboxylic acid groups (broad SMARTS) is 1. The van der Waals surface area contributed by atoms with E-state index in [-0.39, 0.29) is 6.42 Å². The topological polar surface area (TPSA) is 37.3 Å². The van der Waals surface area contributed by atoms with Crippen LogP contribution in [0.1, 0.15) is 35.6 Å². The molecule has 1 atom stereocenters. The lowest BCUT2D eigenvalue weighted by molar-refractivity contribution is -0.135. The maximum atomic E-state index is 11.4. The minimum Gasteiger partial charge on any atom is -0.481 e. The number of hydrogen-bond donors (Lipinski definition) is 1. The zero-order chi connectivity index (χ0) is 15.7. The fourth-order valence-electron chi connectivity index (χ4n) is 3.51. The van der Waals surface area contributed by atoms with Gasteiger partial charge in [0.1, 0.15) is 0 Å². The maximum absolute atomic E-state index is 11.4. The van der Waals surface area contributed by atoms with Gasteiger partial charge in [0.2, 0.25) is 0 Å². The number of hydrogen-bond acceptors (Lipinski definition) is 1. The first-order valence-corrected chi connectivity index (χ1v) is 7.67. The third-order valence-electron chi connectivity index (χ3n) is 4.45. The van der Waals surface area contributed by atoms with Gasteiger partial charge in [0.05, 0.1) is 6.42 Å². The number of aryl methyl sites for hydroxylation is 1. The van der Waals surface area contributed by atoms with E-state index in [1.54, 1.807) is 0 Å². The Morgan fingerprint density at radius 3 is 2.41 bits per heavy atom. The molecule has 0 saturated heterocycles. The summed E-state index contributed by atoms with van der Waals surface area (Å²) >= 11 is 0. The Labute approximate surface area is 131 Å². The van der Waals surface area contributed by atoms with Gasteiger partial charge in [0.15, 0.2) is 0 Å². The largest absolute Gasteiger partial charge is 0.481 e. The Balaban J connectivity index is 2.27. The third-order valence-corrected chi connectivity index (χ3v) is 4.45. The number of fused-ring (bicyclic) bond motifs is 1. The van der Waals surface area contributed by atoms with Gasteiger partial charge in [-0.3, -0.25) is 4.79 Å². The molecule has 0 bridgehead atoms. The molecular weight excluding hydrogens is 272 g/mol. The smallest absolute Gasteiger partial charge is 0.307 e. The number of carboxylic acids is 1. The molecule has 0 saturated carbocycles. The molecule has 0 amide bonds. The van der Waals surface area contributed by atoms with E-state index in [0.29, 0.717) is 5.92 Å². The molecule has 0 radical (unpaired) electrons. The van der Waals surface area contributed by atoms with Crippen LogP contribution in [0.3, 0.4) is 0 Å². The molecule has 0 aromatic heterocycles. The van der Waals surface area contributed by atoms with Gasteiger partial charge in [0.25, 0.3) is 0 Å². The van der Waals surface area contributed by atoms with E-state index in [4.69, 9.17) is 0 Å². The van der Waals surface area contributed by atoms with Crippen molar-refractivity contribution in [1.29, 1.82) is 0 Å². The third kappa shape index (κ3) is 2.57. The van der Waals surface area contributed by atoms with Crippen molar-refractivity contribution in [3.05, 3.63) is 70.8 Å². The van der Waals surface area contributed by atoms with Crippen molar-refractivity contribution >= 4 is 17.1 Å². The van der Waals surface area contributed by atoms with Crippen molar-refractivity contribution in [2.24, 2.45) is 5.92 Å². The zero-order valence-electron chi connectivity index (χ0n) is 13.0. The lowest BCUT2D eigenvalue weighted by Gasteiger charge is -2.29. The van der Waals surface area contributed by atoms with E-state index in [1.165, 1.54) is 22.3 Å². The predicted octanol–water partition coefficient (Wildman–Crippen LogP) is 4.57. The minimum absolute atomic E-state index is 0.0744. The number of benzene rings is 2. The van der Waals surface area contributed by atoms with E-state index >= 15 is 0 Å². The Bertz CT molecular complexity index is 756. The Morgan fingerprint density at radius 2 is 1.73 bits per heavy atom. The van der Waals surface area contributed by atoms with Crippen LogP contribution in [0.4, 0.5) is 0 Å². The second-order valence-corrected chi connectivity index (χ2v) is 6.04. The van der Waals surface area contributed by atoms with Crippen molar-refractivity contribution in [3.8, 4) is 0 Å². The van der Waals surface area contributed by atoms with E-state index in [2.05, 4.69) is 38.1 Å². The van der Waals surface area contributed by atoms with E-state index in [9.17, 15) is 9.90 Å². The van der Waals surface area contributed by atoms with E-state index in [1.807, 2.05) is 24.3 Å². The maximum Gasteiger partial charge on any atom is 0.307 e. The summed E-state index contributed by atoms with van der Waals surface area (Å²) in [6.45, 7) is 4.29. The average molecular weight is 292 g/mol. The van der Waals surface area contributed by atoms with E-state index < -0.39 is 5.97 Å². The van der Waals surface area contributed by atoms with Crippen molar-refractivity contribution in [3.63, 3.8) is 0 Å². The van der Waals surface area contributed by atoms with Gasteiger partial charge in [-0.15, -0.1) is 0 Å². The molecule has 0 aliphatic heterocycles. The van der Waals surface area contributed by atoms with Crippen molar-refractivity contribution in [2.45, 2.75) is 26.7 Å². The van der Waals surface area contributed by atoms with E-state index in [0.717, 1.165) is 17.6 Å². The first-order valence-electron chi connectivity index (χ1n) is 7.67. The highest BCUT2D eigenvalue weighted by molar-refractivity contribution is 6.00. The van der Waals surface area contributed by atoms with Crippen molar-refractivity contribution in [2.75, 3.05) is 0 Å². The fourth-order valence-corrected chi connectivity index (χ4v) is 3.51. The van der Waals surface area contributed by atoms with Crippen LogP contribution in [0.15, 0.2) is 48.5 Å². The highest BCUT2D eigenvalue weighted by atomic mass is 16.4. The molecule has 2 nitrogen and oxygen atoms in total. The van der Waals surface area contributed by atoms with Gasteiger partial charge in [-0.2, -0.15) is 0 Å². The fraction of sp³-hybridized carbons (Fsp3) is 0.250. The van der Waals surface area contributed by atoms with Crippen LogP contribution in [-0.2, 0) is 11.2 Å². The Kier molecular flexibility index (Phi) is 3.84. The molecule has 1 aliphatic carbocycles. The van der Waals surface area contributed by atoms with Crippen molar-refractivity contribution < 1.29 is 9.90 Å². The van der Waals surface area contributed by atoms with Crippen LogP contribution >= 0.6 is 0 Å². The monoisotopic (exact) mass is 292 g/mol. The van der Waals surface area contributed by atoms with Crippen LogP contribution in [-0.4, -0.2) is 11.1 Å². The molecule has 2 aromatic rings. The van der Waals surface area contributed by atoms with Gasteiger partial charge in [0, 0.05) is 0 Å². The molecule has 22 heavy (non-hydrogen) atoms. The van der Waals surface area contributed by atoms with Gasteiger partial charge in [-0.1, -0.05) is 55.5 Å². The number of carbonyl (C=O) groups is 1. The van der Waals surface area contributed by atoms with Crippen LogP contribution in [0.5, 0.6) is 0 Å². The standard InChI is InChI=1S/C20H20O2/c1-13-7-3-5-9-16(13)20-14(2)11-15-8-4-6-10-17(15)18(20)12-19(21)22/h3-10,14H,11-12H2,1-2H3,(H,21,22)/t14-/m0/s1. The first kappa shape index (κ1) is 14.6. The molecule has 112 valence electrons. The summed E-state index contributed by atoms with van der Waals surface area (Å²) in [6.07, 6.45) is 1.04. The normalized spacial score (nSPS) is 17.3. The highest BCUT2D eigenvalue weighted by Gasteiger charge is 2.27. The molecule has 2 heteroatoms. The van der Waals surface area contributed by atoms with Gasteiger partial charge in [-0.05, 0) is 52.7 Å². The summed E-state index contributed by atoms with van der Waals surface area (Å²) in [4.78, 5) is 11.4. The summed E-state index contributed by atoms with van der Waals surface area (Å²) in [5, 5.41) is 9.38. The zero-order valence-corrected chi connectivity index (χ0v) is 13.0. The first-order chi connectivity index (χ1) is 10.6. The second kappa shape index (κ2) is 5.80. The highest BCUT2D eigenvalue weighted by Crippen LogP contribution is 2.42. The summed E-state index contributed by atoms with van der Waals surface area (Å²) in [5.74, 6) is -0.449. The molecule has 0 heterocycles. The quantitative estimate of drug-likeness (QED) is 0.899. The Morgan fingerprint density at radius 1 is 1.09 bits per heavy atom. The van der Waals surface area contributed by atoms with Crippen LogP contribution < -0.4 is 0 Å². The van der Waals surface area contributed by atoms with Gasteiger partial charge >= 0.3 is 5.97 Å². The molecule has 2 aromatic carbocycles. The SMILES string of the molecule is Cc1ccccc1C1=C(CC(=O)O)c2ccccc2C[C@@H]1C. The molecule has 3 rings (SSSR count). The summed E-state index contributed by atoms with van der Waals surface area (Å²) < 4.78 is 0. The molecule has 0 fully saturated rings. The Hall–Kier alpha value is -2.35. The predicted molar refractivity (Wildman–Crippen MR) is 89.6 cm³/mol. The molecular formula is C20H20O2. The second-order valence-electron chi connectivity index (χ2n) is 6.04. The van der Waals surface area contributed by atoms with Gasteiger partial charge < -0.3 is 5.11 Å². The van der Waals surface area contributed by atoms with Crippen molar-refractivity contribution in [1.82, 2.24) is 0 Å². The lowest BCUT2D eigenvalue weighted by Crippen LogP contribution is -2.15. The van der Waals surface area contributed by atoms with Crippen LogP contribution in [0, 0.1) is 12.8 Å². The summed E-state index contributed by atoms with van der Waals surface area (Å²) in [7, 11) is 0. The molecule has 1 aliphatic rings. The average Bonchev–Trinajstić information content (AvgIpc) is 2.48. The molecule has 0 unspecified atom stereocenters. The summed E-state index contributed by atoms with van der Waals surface area (Å²) in [6, 6.07) is 16.4. The number of rotatable bonds is 3. The van der Waals surface area contributed by atoms with Crippen LogP contribution in [0.25, 0.3) is 11.1 Å². The van der Waals surface area contributed by atoms with Crippen LogP contribution in [0.2, 0.25) is 0 Å². The number of aliphatic carboxylic acids is 1. The van der Waals surface area contributed by atoms with Gasteiger partial charge in [-0.25, -0.2) is 0 Å². The molecule has 1 N–H and O–H groups in total. The minimum atomic E-state index is -0.773. The number of allylic oxidation sites excluding steroid dienone is 1. The summed E-state index contributed by atoms with van der Waals surface area (Å²) in [5.41, 5.74) is 6.90. The lowest BCUT2D eigenvalue weighted by atomic mass is 9.75. The molecule has 0 spiro atoms.